The molecule has 0 spiro atoms. The zero-order chi connectivity index (χ0) is 51.3. The molecular formula is C60H120NO8P. The molecule has 0 amide bonds. The largest absolute Gasteiger partial charge is 0.756 e. The summed E-state index contributed by atoms with van der Waals surface area (Å²) < 4.78 is 34.2. The van der Waals surface area contributed by atoms with Gasteiger partial charge in [-0.25, -0.2) is 0 Å². The van der Waals surface area contributed by atoms with Crippen LogP contribution in [0.2, 0.25) is 0 Å². The topological polar surface area (TPSA) is 111 Å². The van der Waals surface area contributed by atoms with E-state index in [1.807, 2.05) is 21.1 Å². The third kappa shape index (κ3) is 56.3. The molecule has 0 fully saturated rings. The fourth-order valence-electron chi connectivity index (χ4n) is 9.37. The third-order valence-electron chi connectivity index (χ3n) is 14.1. The first kappa shape index (κ1) is 69.0. The number of hydrogen-bond acceptors (Lipinski definition) is 8. The molecule has 0 aliphatic heterocycles. The van der Waals surface area contributed by atoms with Gasteiger partial charge in [0.05, 0.1) is 27.7 Å². The lowest BCUT2D eigenvalue weighted by atomic mass is 10.0. The van der Waals surface area contributed by atoms with Crippen molar-refractivity contribution in [3.05, 3.63) is 0 Å². The minimum Gasteiger partial charge on any atom is -0.756 e. The number of esters is 2. The number of rotatable bonds is 58. The van der Waals surface area contributed by atoms with E-state index in [9.17, 15) is 19.0 Å². The number of phosphoric ester groups is 1. The van der Waals surface area contributed by atoms with Crippen molar-refractivity contribution in [1.29, 1.82) is 0 Å². The molecule has 0 rings (SSSR count). The second-order valence-electron chi connectivity index (χ2n) is 22.4. The van der Waals surface area contributed by atoms with Crippen LogP contribution in [0.4, 0.5) is 0 Å². The molecule has 0 aromatic carbocycles. The number of hydrogen-bond donors (Lipinski definition) is 0. The summed E-state index contributed by atoms with van der Waals surface area (Å²) in [6.45, 7) is 4.32. The normalized spacial score (nSPS) is 13.2. The number of quaternary nitrogens is 1. The highest BCUT2D eigenvalue weighted by atomic mass is 31.2. The Labute approximate surface area is 435 Å². The van der Waals surface area contributed by atoms with E-state index >= 15 is 0 Å². The highest BCUT2D eigenvalue weighted by Gasteiger charge is 2.22. The van der Waals surface area contributed by atoms with Crippen LogP contribution in [0, 0.1) is 0 Å². The van der Waals surface area contributed by atoms with E-state index in [-0.39, 0.29) is 32.0 Å². The second kappa shape index (κ2) is 52.9. The summed E-state index contributed by atoms with van der Waals surface area (Å²) >= 11 is 0. The number of nitrogens with zero attached hydrogens (tertiary/aromatic N) is 1. The van der Waals surface area contributed by atoms with Crippen molar-refractivity contribution in [3.8, 4) is 0 Å². The van der Waals surface area contributed by atoms with Crippen LogP contribution in [0.5, 0.6) is 0 Å². The number of phosphoric acid groups is 1. The van der Waals surface area contributed by atoms with Gasteiger partial charge >= 0.3 is 11.9 Å². The van der Waals surface area contributed by atoms with Gasteiger partial charge in [-0.1, -0.05) is 296 Å². The van der Waals surface area contributed by atoms with Crippen LogP contribution in [0.15, 0.2) is 0 Å². The zero-order valence-electron chi connectivity index (χ0n) is 47.5. The van der Waals surface area contributed by atoms with Crippen molar-refractivity contribution in [1.82, 2.24) is 0 Å². The quantitative estimate of drug-likeness (QED) is 0.0256. The number of carbonyl (C=O) groups excluding carboxylic acids is 2. The van der Waals surface area contributed by atoms with E-state index in [2.05, 4.69) is 13.8 Å². The maximum atomic E-state index is 12.8. The Morgan fingerprint density at radius 2 is 0.643 bits per heavy atom. The molecule has 70 heavy (non-hydrogen) atoms. The smallest absolute Gasteiger partial charge is 0.306 e. The number of carbonyl (C=O) groups is 2. The summed E-state index contributed by atoms with van der Waals surface area (Å²) in [4.78, 5) is 37.9. The first-order valence-electron chi connectivity index (χ1n) is 30.7. The second-order valence-corrected chi connectivity index (χ2v) is 23.9. The molecule has 0 radical (unpaired) electrons. The monoisotopic (exact) mass is 1010 g/mol. The fourth-order valence-corrected chi connectivity index (χ4v) is 10.1. The van der Waals surface area contributed by atoms with Crippen molar-refractivity contribution in [2.45, 2.75) is 328 Å². The molecule has 0 saturated carbocycles. The van der Waals surface area contributed by atoms with Crippen molar-refractivity contribution < 1.29 is 42.1 Å². The van der Waals surface area contributed by atoms with E-state index in [4.69, 9.17) is 18.5 Å². The molecule has 9 nitrogen and oxygen atoms in total. The van der Waals surface area contributed by atoms with Crippen LogP contribution in [-0.2, 0) is 32.7 Å². The van der Waals surface area contributed by atoms with E-state index in [0.29, 0.717) is 17.4 Å². The summed E-state index contributed by atoms with van der Waals surface area (Å²) in [7, 11) is 1.19. The standard InChI is InChI=1S/C60H120NO8P/c1-6-8-10-12-14-16-18-20-22-24-25-26-27-28-29-30-31-32-33-34-35-37-39-41-43-45-47-49-51-53-60(63)69-58(57-68-70(64,65)67-55-54-61(3,4)5)56-66-59(62)52-50-48-46-44-42-40-38-36-23-21-19-17-15-13-11-9-7-2/h58H,6-57H2,1-5H3. The van der Waals surface area contributed by atoms with E-state index in [0.717, 1.165) is 32.1 Å². The van der Waals surface area contributed by atoms with Gasteiger partial charge in [-0.15, -0.1) is 0 Å². The molecule has 0 aliphatic rings. The molecule has 418 valence electrons. The maximum absolute atomic E-state index is 12.8. The average Bonchev–Trinajstić information content (AvgIpc) is 3.32. The van der Waals surface area contributed by atoms with E-state index in [1.54, 1.807) is 0 Å². The molecule has 0 saturated heterocycles. The van der Waals surface area contributed by atoms with E-state index < -0.39 is 26.5 Å². The predicted molar refractivity (Wildman–Crippen MR) is 296 cm³/mol. The molecule has 0 bridgehead atoms. The molecule has 2 atom stereocenters. The van der Waals surface area contributed by atoms with Gasteiger partial charge < -0.3 is 27.9 Å². The van der Waals surface area contributed by atoms with Gasteiger partial charge in [0.1, 0.15) is 19.8 Å². The Balaban J connectivity index is 4.02. The van der Waals surface area contributed by atoms with Gasteiger partial charge in [-0.05, 0) is 12.8 Å². The molecule has 10 heteroatoms. The van der Waals surface area contributed by atoms with Gasteiger partial charge in [0.2, 0.25) is 0 Å². The van der Waals surface area contributed by atoms with E-state index in [1.165, 1.54) is 257 Å². The van der Waals surface area contributed by atoms with Gasteiger partial charge in [0, 0.05) is 12.8 Å². The van der Waals surface area contributed by atoms with Gasteiger partial charge in [-0.2, -0.15) is 0 Å². The van der Waals surface area contributed by atoms with Crippen LogP contribution in [0.1, 0.15) is 322 Å². The van der Waals surface area contributed by atoms with Crippen LogP contribution in [-0.4, -0.2) is 70.0 Å². The molecule has 0 heterocycles. The zero-order valence-corrected chi connectivity index (χ0v) is 48.4. The maximum Gasteiger partial charge on any atom is 0.306 e. The Bertz CT molecular complexity index is 1150. The molecule has 0 aromatic rings. The molecule has 2 unspecified atom stereocenters. The lowest BCUT2D eigenvalue weighted by molar-refractivity contribution is -0.870. The molecule has 0 aromatic heterocycles. The predicted octanol–water partition coefficient (Wildman–Crippen LogP) is 18.4. The Morgan fingerprint density at radius 3 is 0.914 bits per heavy atom. The highest BCUT2D eigenvalue weighted by Crippen LogP contribution is 2.38. The van der Waals surface area contributed by atoms with Crippen LogP contribution < -0.4 is 4.89 Å². The first-order chi connectivity index (χ1) is 34.0. The van der Waals surface area contributed by atoms with Gasteiger partial charge in [0.15, 0.2) is 6.10 Å². The van der Waals surface area contributed by atoms with Crippen molar-refractivity contribution in [3.63, 3.8) is 0 Å². The third-order valence-corrected chi connectivity index (χ3v) is 15.1. The molecular weight excluding hydrogens is 894 g/mol. The summed E-state index contributed by atoms with van der Waals surface area (Å²) in [5.41, 5.74) is 0. The van der Waals surface area contributed by atoms with Crippen LogP contribution in [0.25, 0.3) is 0 Å². The highest BCUT2D eigenvalue weighted by molar-refractivity contribution is 7.45. The van der Waals surface area contributed by atoms with Crippen LogP contribution >= 0.6 is 7.82 Å². The van der Waals surface area contributed by atoms with Crippen LogP contribution in [0.3, 0.4) is 0 Å². The Kier molecular flexibility index (Phi) is 52.1. The lowest BCUT2D eigenvalue weighted by Crippen LogP contribution is -2.37. The van der Waals surface area contributed by atoms with Crippen molar-refractivity contribution >= 4 is 19.8 Å². The summed E-state index contributed by atoms with van der Waals surface area (Å²) in [6.07, 6.45) is 60.2. The number of ether oxygens (including phenoxy) is 2. The first-order valence-corrected chi connectivity index (χ1v) is 32.2. The average molecular weight is 1010 g/mol. The van der Waals surface area contributed by atoms with Gasteiger partial charge in [0.25, 0.3) is 7.82 Å². The minimum atomic E-state index is -4.63. The number of unbranched alkanes of at least 4 members (excludes halogenated alkanes) is 44. The summed E-state index contributed by atoms with van der Waals surface area (Å²) in [6, 6.07) is 0. The van der Waals surface area contributed by atoms with Crippen molar-refractivity contribution in [2.75, 3.05) is 47.5 Å². The Morgan fingerprint density at radius 1 is 0.386 bits per heavy atom. The van der Waals surface area contributed by atoms with Gasteiger partial charge in [-0.3, -0.25) is 14.2 Å². The molecule has 0 N–H and O–H groups in total. The Hall–Kier alpha value is -0.990. The SMILES string of the molecule is CCCCCCCCCCCCCCCCCCCCCCCCCCCCCCCC(=O)OC(COC(=O)CCCCCCCCCCCCCCCCCCC)COP(=O)([O-])OCC[N+](C)(C)C. The minimum absolute atomic E-state index is 0.0251. The van der Waals surface area contributed by atoms with Crippen molar-refractivity contribution in [2.24, 2.45) is 0 Å². The molecule has 0 aliphatic carbocycles. The summed E-state index contributed by atoms with van der Waals surface area (Å²) in [5.74, 6) is -0.808. The lowest BCUT2D eigenvalue weighted by Gasteiger charge is -2.28. The fraction of sp³-hybridized carbons (Fsp3) is 0.967. The summed E-state index contributed by atoms with van der Waals surface area (Å²) in [5, 5.41) is 0. The number of likely N-dealkylation sites (N-methyl/N-ethyl adjacent to an activating group) is 1.